The van der Waals surface area contributed by atoms with Crippen LogP contribution in [0.5, 0.6) is 0 Å². The number of carbonyl (C=O) groups is 1. The van der Waals surface area contributed by atoms with Crippen molar-refractivity contribution >= 4 is 11.7 Å². The van der Waals surface area contributed by atoms with Gasteiger partial charge in [-0.15, -0.1) is 0 Å². The van der Waals surface area contributed by atoms with Crippen molar-refractivity contribution in [2.75, 3.05) is 25.0 Å². The molecule has 1 saturated heterocycles. The second kappa shape index (κ2) is 6.57. The van der Waals surface area contributed by atoms with Crippen molar-refractivity contribution in [1.29, 1.82) is 0 Å². The molecule has 1 aliphatic heterocycles. The van der Waals surface area contributed by atoms with E-state index in [1.54, 1.807) is 18.2 Å². The summed E-state index contributed by atoms with van der Waals surface area (Å²) in [5.41, 5.74) is 1.21. The summed E-state index contributed by atoms with van der Waals surface area (Å²) >= 11 is 0. The first-order valence-electron chi connectivity index (χ1n) is 6.97. The monoisotopic (exact) mass is 262 g/mol. The Balaban J connectivity index is 1.88. The van der Waals surface area contributed by atoms with Gasteiger partial charge >= 0.3 is 5.97 Å². The summed E-state index contributed by atoms with van der Waals surface area (Å²) in [5.74, 6) is -0.882. The van der Waals surface area contributed by atoms with E-state index in [-0.39, 0.29) is 0 Å². The number of aromatic carboxylic acids is 1. The first-order chi connectivity index (χ1) is 9.15. The normalized spacial score (nSPS) is 17.9. The van der Waals surface area contributed by atoms with E-state index in [2.05, 4.69) is 17.1 Å². The number of piperidine rings is 1. The van der Waals surface area contributed by atoms with E-state index in [4.69, 9.17) is 5.11 Å². The maximum atomic E-state index is 10.9. The van der Waals surface area contributed by atoms with Gasteiger partial charge in [0.1, 0.15) is 0 Å². The number of hydrogen-bond acceptors (Lipinski definition) is 3. The van der Waals surface area contributed by atoms with Gasteiger partial charge in [-0.3, -0.25) is 0 Å². The summed E-state index contributed by atoms with van der Waals surface area (Å²) in [7, 11) is 0. The largest absolute Gasteiger partial charge is 0.478 e. The highest BCUT2D eigenvalue weighted by Gasteiger charge is 2.13. The quantitative estimate of drug-likeness (QED) is 0.856. The van der Waals surface area contributed by atoms with Gasteiger partial charge in [-0.1, -0.05) is 12.5 Å². The van der Waals surface area contributed by atoms with Crippen molar-refractivity contribution in [3.8, 4) is 0 Å². The zero-order valence-corrected chi connectivity index (χ0v) is 11.4. The van der Waals surface area contributed by atoms with Crippen molar-refractivity contribution < 1.29 is 9.90 Å². The molecule has 0 saturated carbocycles. The average molecular weight is 262 g/mol. The van der Waals surface area contributed by atoms with E-state index in [1.165, 1.54) is 32.4 Å². The minimum Gasteiger partial charge on any atom is -0.478 e. The Hall–Kier alpha value is -1.55. The van der Waals surface area contributed by atoms with Gasteiger partial charge in [0.15, 0.2) is 0 Å². The zero-order chi connectivity index (χ0) is 13.7. The summed E-state index contributed by atoms with van der Waals surface area (Å²) in [6.07, 6.45) is 3.93. The molecule has 1 aliphatic rings. The van der Waals surface area contributed by atoms with Crippen molar-refractivity contribution in [2.45, 2.75) is 32.2 Å². The van der Waals surface area contributed by atoms with E-state index >= 15 is 0 Å². The van der Waals surface area contributed by atoms with Crippen LogP contribution < -0.4 is 5.32 Å². The van der Waals surface area contributed by atoms with Crippen molar-refractivity contribution in [3.63, 3.8) is 0 Å². The Morgan fingerprint density at radius 1 is 1.37 bits per heavy atom. The molecule has 4 heteroatoms. The van der Waals surface area contributed by atoms with Gasteiger partial charge in [-0.2, -0.15) is 0 Å². The molecule has 1 fully saturated rings. The molecule has 1 aromatic rings. The Labute approximate surface area is 114 Å². The first kappa shape index (κ1) is 13.9. The van der Waals surface area contributed by atoms with E-state index < -0.39 is 5.97 Å². The van der Waals surface area contributed by atoms with E-state index in [9.17, 15) is 4.79 Å². The first-order valence-corrected chi connectivity index (χ1v) is 6.97. The van der Waals surface area contributed by atoms with Crippen molar-refractivity contribution in [2.24, 2.45) is 0 Å². The molecule has 0 aliphatic carbocycles. The number of carboxylic acid groups (broad SMARTS) is 1. The number of carboxylic acids is 1. The van der Waals surface area contributed by atoms with Crippen molar-refractivity contribution in [3.05, 3.63) is 29.8 Å². The smallest absolute Gasteiger partial charge is 0.335 e. The number of anilines is 1. The molecule has 19 heavy (non-hydrogen) atoms. The Kier molecular flexibility index (Phi) is 4.80. The van der Waals surface area contributed by atoms with Crippen LogP contribution in [0.25, 0.3) is 0 Å². The molecule has 2 N–H and O–H groups in total. The summed E-state index contributed by atoms with van der Waals surface area (Å²) in [6, 6.07) is 7.32. The molecule has 0 radical (unpaired) electrons. The number of benzene rings is 1. The molecule has 1 aromatic carbocycles. The highest BCUT2D eigenvalue weighted by molar-refractivity contribution is 5.88. The van der Waals surface area contributed by atoms with Crippen LogP contribution in [0.3, 0.4) is 0 Å². The summed E-state index contributed by atoms with van der Waals surface area (Å²) in [5, 5.41) is 12.3. The van der Waals surface area contributed by atoms with Gasteiger partial charge in [0.25, 0.3) is 0 Å². The standard InChI is InChI=1S/C15H22N2O2/c1-12(11-17-8-3-2-4-9-17)16-14-7-5-6-13(10-14)15(18)19/h5-7,10,12,16H,2-4,8-9,11H2,1H3,(H,18,19). The molecule has 0 aromatic heterocycles. The fraction of sp³-hybridized carbons (Fsp3) is 0.533. The fourth-order valence-corrected chi connectivity index (χ4v) is 2.60. The molecule has 1 unspecified atom stereocenters. The highest BCUT2D eigenvalue weighted by atomic mass is 16.4. The van der Waals surface area contributed by atoms with Gasteiger partial charge in [0, 0.05) is 18.3 Å². The van der Waals surface area contributed by atoms with Crippen LogP contribution in [0.4, 0.5) is 5.69 Å². The predicted molar refractivity (Wildman–Crippen MR) is 76.8 cm³/mol. The third-order valence-corrected chi connectivity index (χ3v) is 3.50. The number of likely N-dealkylation sites (tertiary alicyclic amines) is 1. The molecule has 2 rings (SSSR count). The Morgan fingerprint density at radius 3 is 2.79 bits per heavy atom. The number of nitrogens with zero attached hydrogens (tertiary/aromatic N) is 1. The molecule has 104 valence electrons. The Morgan fingerprint density at radius 2 is 2.11 bits per heavy atom. The second-order valence-corrected chi connectivity index (χ2v) is 5.29. The summed E-state index contributed by atoms with van der Waals surface area (Å²) in [6.45, 7) is 5.52. The number of nitrogens with one attached hydrogen (secondary N) is 1. The molecule has 0 spiro atoms. The van der Waals surface area contributed by atoms with E-state index in [0.717, 1.165) is 12.2 Å². The number of hydrogen-bond donors (Lipinski definition) is 2. The lowest BCUT2D eigenvalue weighted by atomic mass is 10.1. The fourth-order valence-electron chi connectivity index (χ4n) is 2.60. The predicted octanol–water partition coefficient (Wildman–Crippen LogP) is 2.67. The van der Waals surface area contributed by atoms with Gasteiger partial charge in [-0.05, 0) is 51.1 Å². The minimum atomic E-state index is -0.882. The topological polar surface area (TPSA) is 52.6 Å². The Bertz CT molecular complexity index is 428. The zero-order valence-electron chi connectivity index (χ0n) is 11.4. The highest BCUT2D eigenvalue weighted by Crippen LogP contribution is 2.14. The van der Waals surface area contributed by atoms with Gasteiger partial charge in [-0.25, -0.2) is 4.79 Å². The molecule has 1 heterocycles. The maximum Gasteiger partial charge on any atom is 0.335 e. The third kappa shape index (κ3) is 4.24. The van der Waals surface area contributed by atoms with Gasteiger partial charge in [0.2, 0.25) is 0 Å². The van der Waals surface area contributed by atoms with Crippen LogP contribution in [0.1, 0.15) is 36.5 Å². The molecular formula is C15H22N2O2. The summed E-state index contributed by atoms with van der Waals surface area (Å²) in [4.78, 5) is 13.4. The minimum absolute atomic E-state index is 0.321. The molecule has 4 nitrogen and oxygen atoms in total. The van der Waals surface area contributed by atoms with Crippen LogP contribution in [0.15, 0.2) is 24.3 Å². The van der Waals surface area contributed by atoms with Gasteiger partial charge in [0.05, 0.1) is 5.56 Å². The van der Waals surface area contributed by atoms with E-state index in [1.807, 2.05) is 6.07 Å². The maximum absolute atomic E-state index is 10.9. The van der Waals surface area contributed by atoms with Gasteiger partial charge < -0.3 is 15.3 Å². The molecule has 1 atom stereocenters. The van der Waals surface area contributed by atoms with Crippen LogP contribution in [0.2, 0.25) is 0 Å². The SMILES string of the molecule is CC(CN1CCCCC1)Nc1cccc(C(=O)O)c1. The molecule has 0 bridgehead atoms. The van der Waals surface area contributed by atoms with E-state index in [0.29, 0.717) is 11.6 Å². The van der Waals surface area contributed by atoms with Crippen LogP contribution >= 0.6 is 0 Å². The van der Waals surface area contributed by atoms with Crippen LogP contribution in [-0.4, -0.2) is 41.7 Å². The lowest BCUT2D eigenvalue weighted by molar-refractivity contribution is 0.0697. The second-order valence-electron chi connectivity index (χ2n) is 5.29. The van der Waals surface area contributed by atoms with Crippen LogP contribution in [-0.2, 0) is 0 Å². The lowest BCUT2D eigenvalue weighted by Gasteiger charge is -2.29. The average Bonchev–Trinajstić information content (AvgIpc) is 2.40. The lowest BCUT2D eigenvalue weighted by Crippen LogP contribution is -2.38. The number of rotatable bonds is 5. The molecule has 0 amide bonds. The van der Waals surface area contributed by atoms with Crippen LogP contribution in [0, 0.1) is 0 Å². The summed E-state index contributed by atoms with van der Waals surface area (Å²) < 4.78 is 0. The third-order valence-electron chi connectivity index (χ3n) is 3.50. The molecular weight excluding hydrogens is 240 g/mol. The van der Waals surface area contributed by atoms with Crippen molar-refractivity contribution in [1.82, 2.24) is 4.90 Å².